The molecule has 0 saturated carbocycles. The average Bonchev–Trinajstić information content (AvgIpc) is 2.33. The molecule has 0 radical (unpaired) electrons. The van der Waals surface area contributed by atoms with Crippen LogP contribution in [0.4, 0.5) is 5.69 Å². The first-order chi connectivity index (χ1) is 7.60. The molecule has 0 fully saturated rings. The van der Waals surface area contributed by atoms with Crippen LogP contribution >= 0.6 is 15.9 Å². The van der Waals surface area contributed by atoms with Gasteiger partial charge in [0.1, 0.15) is 11.9 Å². The third-order valence-corrected chi connectivity index (χ3v) is 3.04. The maximum atomic E-state index is 11.6. The molecule has 0 aliphatic carbocycles. The third kappa shape index (κ3) is 2.21. The molecule has 16 heavy (non-hydrogen) atoms. The van der Waals surface area contributed by atoms with Crippen molar-refractivity contribution in [2.45, 2.75) is 32.8 Å². The predicted molar refractivity (Wildman–Crippen MR) is 66.9 cm³/mol. The van der Waals surface area contributed by atoms with Gasteiger partial charge in [-0.15, -0.1) is 0 Å². The second kappa shape index (κ2) is 4.45. The molecule has 1 heterocycles. The summed E-state index contributed by atoms with van der Waals surface area (Å²) in [5.41, 5.74) is 1.87. The van der Waals surface area contributed by atoms with Gasteiger partial charge in [-0.3, -0.25) is 4.79 Å². The minimum absolute atomic E-state index is 0.00593. The lowest BCUT2D eigenvalue weighted by Gasteiger charge is -2.15. The van der Waals surface area contributed by atoms with Gasteiger partial charge < -0.3 is 10.1 Å². The molecule has 2 rings (SSSR count). The second-order valence-corrected chi connectivity index (χ2v) is 4.89. The first-order valence-electron chi connectivity index (χ1n) is 5.39. The van der Waals surface area contributed by atoms with E-state index in [1.807, 2.05) is 19.1 Å². The monoisotopic (exact) mass is 283 g/mol. The van der Waals surface area contributed by atoms with Crippen LogP contribution in [0.3, 0.4) is 0 Å². The zero-order chi connectivity index (χ0) is 11.7. The van der Waals surface area contributed by atoms with Crippen LogP contribution in [0, 0.1) is 0 Å². The zero-order valence-electron chi connectivity index (χ0n) is 9.34. The Morgan fingerprint density at radius 2 is 2.31 bits per heavy atom. The Morgan fingerprint density at radius 1 is 1.56 bits per heavy atom. The summed E-state index contributed by atoms with van der Waals surface area (Å²) in [6.07, 6.45) is 1.20. The number of amides is 1. The van der Waals surface area contributed by atoms with E-state index < -0.39 is 0 Å². The summed E-state index contributed by atoms with van der Waals surface area (Å²) in [7, 11) is 0. The van der Waals surface area contributed by atoms with Crippen LogP contribution in [0.1, 0.15) is 25.8 Å². The van der Waals surface area contributed by atoms with Crippen molar-refractivity contribution in [1.82, 2.24) is 0 Å². The number of anilines is 1. The number of nitrogens with one attached hydrogen (secondary N) is 1. The normalized spacial score (nSPS) is 19.4. The van der Waals surface area contributed by atoms with E-state index in [-0.39, 0.29) is 12.0 Å². The van der Waals surface area contributed by atoms with Crippen molar-refractivity contribution in [3.63, 3.8) is 0 Å². The van der Waals surface area contributed by atoms with E-state index in [2.05, 4.69) is 28.2 Å². The van der Waals surface area contributed by atoms with E-state index >= 15 is 0 Å². The summed E-state index contributed by atoms with van der Waals surface area (Å²) in [4.78, 5) is 11.6. The van der Waals surface area contributed by atoms with Gasteiger partial charge >= 0.3 is 0 Å². The van der Waals surface area contributed by atoms with E-state index in [1.54, 1.807) is 0 Å². The SMILES string of the molecule is CCc1cc(Br)cc2c1OC(C)CC(=O)N2. The van der Waals surface area contributed by atoms with Crippen molar-refractivity contribution in [2.75, 3.05) is 5.32 Å². The Balaban J connectivity index is 2.51. The zero-order valence-corrected chi connectivity index (χ0v) is 10.9. The van der Waals surface area contributed by atoms with Gasteiger partial charge in [-0.25, -0.2) is 0 Å². The quantitative estimate of drug-likeness (QED) is 0.860. The van der Waals surface area contributed by atoms with Crippen molar-refractivity contribution >= 4 is 27.5 Å². The van der Waals surface area contributed by atoms with E-state index in [9.17, 15) is 4.79 Å². The van der Waals surface area contributed by atoms with Crippen molar-refractivity contribution in [1.29, 1.82) is 0 Å². The summed E-state index contributed by atoms with van der Waals surface area (Å²) in [6.45, 7) is 3.99. The van der Waals surface area contributed by atoms with Gasteiger partial charge in [0.15, 0.2) is 0 Å². The summed E-state index contributed by atoms with van der Waals surface area (Å²) in [5, 5.41) is 2.87. The number of ether oxygens (including phenoxy) is 1. The molecule has 0 bridgehead atoms. The summed E-state index contributed by atoms with van der Waals surface area (Å²) in [5.74, 6) is 0.815. The molecule has 1 aliphatic rings. The molecule has 1 aromatic rings. The van der Waals surface area contributed by atoms with Crippen LogP contribution in [-0.2, 0) is 11.2 Å². The molecule has 3 nitrogen and oxygen atoms in total. The Kier molecular flexibility index (Phi) is 3.19. The van der Waals surface area contributed by atoms with Crippen LogP contribution in [0.5, 0.6) is 5.75 Å². The fraction of sp³-hybridized carbons (Fsp3) is 0.417. The smallest absolute Gasteiger partial charge is 0.228 e. The Morgan fingerprint density at radius 3 is 3.00 bits per heavy atom. The lowest BCUT2D eigenvalue weighted by molar-refractivity contribution is -0.117. The molecular weight excluding hydrogens is 270 g/mol. The topological polar surface area (TPSA) is 38.3 Å². The van der Waals surface area contributed by atoms with E-state index in [0.29, 0.717) is 6.42 Å². The molecular formula is C12H14BrNO2. The number of rotatable bonds is 1. The standard InChI is InChI=1S/C12H14BrNO2/c1-3-8-5-9(13)6-10-12(8)16-7(2)4-11(15)14-10/h5-7H,3-4H2,1-2H3,(H,14,15). The minimum atomic E-state index is -0.0762. The molecule has 1 N–H and O–H groups in total. The van der Waals surface area contributed by atoms with E-state index in [1.165, 1.54) is 0 Å². The Labute approximate surface area is 103 Å². The van der Waals surface area contributed by atoms with Crippen LogP contribution in [0.15, 0.2) is 16.6 Å². The number of fused-ring (bicyclic) bond motifs is 1. The molecule has 4 heteroatoms. The summed E-state index contributed by atoms with van der Waals surface area (Å²) >= 11 is 3.44. The number of benzene rings is 1. The van der Waals surface area contributed by atoms with Crippen LogP contribution in [0.25, 0.3) is 0 Å². The van der Waals surface area contributed by atoms with Crippen LogP contribution in [0.2, 0.25) is 0 Å². The van der Waals surface area contributed by atoms with Gasteiger partial charge in [-0.05, 0) is 31.0 Å². The number of aryl methyl sites for hydroxylation is 1. The van der Waals surface area contributed by atoms with Gasteiger partial charge in [-0.2, -0.15) is 0 Å². The van der Waals surface area contributed by atoms with Crippen molar-refractivity contribution in [3.8, 4) is 5.75 Å². The first-order valence-corrected chi connectivity index (χ1v) is 6.18. The molecule has 1 atom stereocenters. The number of hydrogen-bond donors (Lipinski definition) is 1. The van der Waals surface area contributed by atoms with Crippen molar-refractivity contribution in [2.24, 2.45) is 0 Å². The Bertz CT molecular complexity index is 431. The lowest BCUT2D eigenvalue weighted by Crippen LogP contribution is -2.17. The maximum absolute atomic E-state index is 11.6. The molecule has 0 aromatic heterocycles. The van der Waals surface area contributed by atoms with Crippen LogP contribution < -0.4 is 10.1 Å². The van der Waals surface area contributed by atoms with Gasteiger partial charge in [0.2, 0.25) is 5.91 Å². The second-order valence-electron chi connectivity index (χ2n) is 3.98. The lowest BCUT2D eigenvalue weighted by atomic mass is 10.1. The average molecular weight is 284 g/mol. The minimum Gasteiger partial charge on any atom is -0.488 e. The third-order valence-electron chi connectivity index (χ3n) is 2.58. The largest absolute Gasteiger partial charge is 0.488 e. The van der Waals surface area contributed by atoms with Crippen LogP contribution in [-0.4, -0.2) is 12.0 Å². The van der Waals surface area contributed by atoms with E-state index in [0.717, 1.165) is 27.9 Å². The number of carbonyl (C=O) groups is 1. The van der Waals surface area contributed by atoms with Gasteiger partial charge in [-0.1, -0.05) is 22.9 Å². The van der Waals surface area contributed by atoms with Gasteiger partial charge in [0, 0.05) is 4.47 Å². The first kappa shape index (κ1) is 11.5. The molecule has 1 aromatic carbocycles. The predicted octanol–water partition coefficient (Wildman–Crippen LogP) is 3.12. The summed E-state index contributed by atoms with van der Waals surface area (Å²) < 4.78 is 6.76. The van der Waals surface area contributed by atoms with E-state index in [4.69, 9.17) is 4.74 Å². The molecule has 1 amide bonds. The summed E-state index contributed by atoms with van der Waals surface area (Å²) in [6, 6.07) is 3.91. The highest BCUT2D eigenvalue weighted by atomic mass is 79.9. The Hall–Kier alpha value is -1.03. The maximum Gasteiger partial charge on any atom is 0.228 e. The fourth-order valence-corrected chi connectivity index (χ4v) is 2.36. The van der Waals surface area contributed by atoms with Crippen molar-refractivity contribution < 1.29 is 9.53 Å². The number of carbonyl (C=O) groups excluding carboxylic acids is 1. The molecule has 86 valence electrons. The van der Waals surface area contributed by atoms with Gasteiger partial charge in [0.25, 0.3) is 0 Å². The highest BCUT2D eigenvalue weighted by Gasteiger charge is 2.21. The molecule has 1 aliphatic heterocycles. The molecule has 0 spiro atoms. The fourth-order valence-electron chi connectivity index (χ4n) is 1.85. The molecule has 1 unspecified atom stereocenters. The highest BCUT2D eigenvalue weighted by molar-refractivity contribution is 9.10. The highest BCUT2D eigenvalue weighted by Crippen LogP contribution is 2.36. The van der Waals surface area contributed by atoms with Crippen molar-refractivity contribution in [3.05, 3.63) is 22.2 Å². The number of hydrogen-bond acceptors (Lipinski definition) is 2. The van der Waals surface area contributed by atoms with Gasteiger partial charge in [0.05, 0.1) is 12.1 Å². The number of halogens is 1. The molecule has 0 saturated heterocycles.